The number of halogens is 1. The Balaban J connectivity index is 2.65. The maximum atomic E-state index is 5.51. The van der Waals surface area contributed by atoms with Gasteiger partial charge in [-0.25, -0.2) is 0 Å². The third-order valence-electron chi connectivity index (χ3n) is 3.24. The lowest BCUT2D eigenvalue weighted by atomic mass is 9.87. The van der Waals surface area contributed by atoms with Crippen LogP contribution in [0, 0.1) is 6.92 Å². The zero-order chi connectivity index (χ0) is 11.7. The lowest BCUT2D eigenvalue weighted by Gasteiger charge is -2.26. The normalized spacial score (nSPS) is 19.1. The van der Waals surface area contributed by atoms with Crippen molar-refractivity contribution >= 4 is 15.9 Å². The topological polar surface area (TPSA) is 18.5 Å². The van der Waals surface area contributed by atoms with Gasteiger partial charge in [0.2, 0.25) is 0 Å². The average molecular weight is 285 g/mol. The van der Waals surface area contributed by atoms with E-state index < -0.39 is 0 Å². The highest BCUT2D eigenvalue weighted by Crippen LogP contribution is 2.47. The molecule has 0 amide bonds. The lowest BCUT2D eigenvalue weighted by Crippen LogP contribution is -2.10. The molecular weight excluding hydrogens is 268 g/mol. The molecule has 2 nitrogen and oxygen atoms in total. The van der Waals surface area contributed by atoms with E-state index >= 15 is 0 Å². The fraction of sp³-hybridized carbons (Fsp3) is 0.538. The highest BCUT2D eigenvalue weighted by atomic mass is 79.9. The first kappa shape index (κ1) is 11.8. The second-order valence-electron chi connectivity index (χ2n) is 4.18. The van der Waals surface area contributed by atoms with Crippen molar-refractivity contribution < 1.29 is 9.47 Å². The van der Waals surface area contributed by atoms with Crippen LogP contribution in [-0.4, -0.2) is 14.2 Å². The zero-order valence-corrected chi connectivity index (χ0v) is 11.6. The molecule has 0 heterocycles. The van der Waals surface area contributed by atoms with Crippen LogP contribution < -0.4 is 9.47 Å². The third kappa shape index (κ3) is 1.81. The Morgan fingerprint density at radius 1 is 1.31 bits per heavy atom. The van der Waals surface area contributed by atoms with Crippen LogP contribution in [0.25, 0.3) is 0 Å². The molecule has 1 aliphatic carbocycles. The lowest BCUT2D eigenvalue weighted by molar-refractivity contribution is 0.349. The van der Waals surface area contributed by atoms with Crippen molar-refractivity contribution in [2.24, 2.45) is 0 Å². The van der Waals surface area contributed by atoms with Crippen LogP contribution in [0.2, 0.25) is 0 Å². The number of hydrogen-bond donors (Lipinski definition) is 0. The summed E-state index contributed by atoms with van der Waals surface area (Å²) >= 11 is 3.74. The zero-order valence-electron chi connectivity index (χ0n) is 9.97. The molecule has 16 heavy (non-hydrogen) atoms. The van der Waals surface area contributed by atoms with Gasteiger partial charge in [-0.2, -0.15) is 0 Å². The first-order valence-corrected chi connectivity index (χ1v) is 6.49. The summed E-state index contributed by atoms with van der Waals surface area (Å²) in [6.45, 7) is 2.14. The van der Waals surface area contributed by atoms with E-state index in [1.54, 1.807) is 14.2 Å². The average Bonchev–Trinajstić information content (AvgIpc) is 2.29. The first-order chi connectivity index (χ1) is 7.69. The smallest absolute Gasteiger partial charge is 0.165 e. The van der Waals surface area contributed by atoms with Gasteiger partial charge in [0.05, 0.1) is 14.2 Å². The summed E-state index contributed by atoms with van der Waals surface area (Å²) in [5.41, 5.74) is 4.01. The molecule has 0 N–H and O–H groups in total. The number of benzene rings is 1. The predicted octanol–water partition coefficient (Wildman–Crippen LogP) is 3.78. The SMILES string of the molecule is COc1cc(C)c2c(c1OC)C(Br)CCC2. The summed E-state index contributed by atoms with van der Waals surface area (Å²) < 4.78 is 10.9. The molecule has 88 valence electrons. The van der Waals surface area contributed by atoms with Gasteiger partial charge >= 0.3 is 0 Å². The summed E-state index contributed by atoms with van der Waals surface area (Å²) in [6.07, 6.45) is 3.54. The Bertz CT molecular complexity index is 401. The monoisotopic (exact) mass is 284 g/mol. The number of fused-ring (bicyclic) bond motifs is 1. The number of ether oxygens (including phenoxy) is 2. The molecule has 0 saturated carbocycles. The fourth-order valence-corrected chi connectivity index (χ4v) is 3.27. The van der Waals surface area contributed by atoms with Crippen LogP contribution in [0.3, 0.4) is 0 Å². The van der Waals surface area contributed by atoms with E-state index in [4.69, 9.17) is 9.47 Å². The van der Waals surface area contributed by atoms with Crippen LogP contribution in [-0.2, 0) is 6.42 Å². The van der Waals surface area contributed by atoms with Crippen molar-refractivity contribution in [3.63, 3.8) is 0 Å². The number of aryl methyl sites for hydroxylation is 1. The highest BCUT2D eigenvalue weighted by Gasteiger charge is 2.26. The van der Waals surface area contributed by atoms with E-state index in [0.29, 0.717) is 4.83 Å². The van der Waals surface area contributed by atoms with Gasteiger partial charge in [0.25, 0.3) is 0 Å². The van der Waals surface area contributed by atoms with E-state index in [2.05, 4.69) is 28.9 Å². The second-order valence-corrected chi connectivity index (χ2v) is 5.29. The van der Waals surface area contributed by atoms with Crippen LogP contribution in [0.15, 0.2) is 6.07 Å². The Morgan fingerprint density at radius 3 is 2.69 bits per heavy atom. The van der Waals surface area contributed by atoms with Gasteiger partial charge in [0.15, 0.2) is 11.5 Å². The second kappa shape index (κ2) is 4.66. The van der Waals surface area contributed by atoms with E-state index in [9.17, 15) is 0 Å². The number of rotatable bonds is 2. The summed E-state index contributed by atoms with van der Waals surface area (Å²) in [7, 11) is 3.40. The van der Waals surface area contributed by atoms with Crippen LogP contribution in [0.4, 0.5) is 0 Å². The molecular formula is C13H17BrO2. The molecule has 0 spiro atoms. The molecule has 1 aromatic carbocycles. The van der Waals surface area contributed by atoms with Crippen molar-refractivity contribution in [1.82, 2.24) is 0 Å². The Labute approximate surface area is 105 Å². The Kier molecular flexibility index (Phi) is 3.43. The van der Waals surface area contributed by atoms with E-state index in [1.165, 1.54) is 23.1 Å². The summed E-state index contributed by atoms with van der Waals surface area (Å²) in [5.74, 6) is 1.73. The summed E-state index contributed by atoms with van der Waals surface area (Å²) in [4.78, 5) is 0.389. The van der Waals surface area contributed by atoms with Crippen molar-refractivity contribution in [1.29, 1.82) is 0 Å². The van der Waals surface area contributed by atoms with Gasteiger partial charge < -0.3 is 9.47 Å². The molecule has 1 atom stereocenters. The first-order valence-electron chi connectivity index (χ1n) is 5.57. The van der Waals surface area contributed by atoms with Crippen molar-refractivity contribution in [2.45, 2.75) is 31.0 Å². The quantitative estimate of drug-likeness (QED) is 0.770. The van der Waals surface area contributed by atoms with Gasteiger partial charge in [-0.15, -0.1) is 0 Å². The van der Waals surface area contributed by atoms with Crippen molar-refractivity contribution in [3.05, 3.63) is 22.8 Å². The molecule has 0 aliphatic heterocycles. The largest absolute Gasteiger partial charge is 0.493 e. The Hall–Kier alpha value is -0.700. The Morgan fingerprint density at radius 2 is 2.06 bits per heavy atom. The minimum absolute atomic E-state index is 0.389. The molecule has 0 bridgehead atoms. The molecule has 2 rings (SSSR count). The van der Waals surface area contributed by atoms with Gasteiger partial charge in [0.1, 0.15) is 0 Å². The number of hydrogen-bond acceptors (Lipinski definition) is 2. The summed E-state index contributed by atoms with van der Waals surface area (Å²) in [5, 5.41) is 0. The van der Waals surface area contributed by atoms with E-state index in [0.717, 1.165) is 24.3 Å². The summed E-state index contributed by atoms with van der Waals surface area (Å²) in [6, 6.07) is 2.07. The van der Waals surface area contributed by atoms with E-state index in [1.807, 2.05) is 0 Å². The fourth-order valence-electron chi connectivity index (χ4n) is 2.46. The minimum atomic E-state index is 0.389. The number of methoxy groups -OCH3 is 2. The maximum absolute atomic E-state index is 5.51. The molecule has 0 radical (unpaired) electrons. The standard InChI is InChI=1S/C13H17BrO2/c1-8-7-11(15-2)13(16-3)12-9(8)5-4-6-10(12)14/h7,10H,4-6H2,1-3H3. The molecule has 1 unspecified atom stereocenters. The van der Waals surface area contributed by atoms with Gasteiger partial charge in [-0.3, -0.25) is 0 Å². The minimum Gasteiger partial charge on any atom is -0.493 e. The third-order valence-corrected chi connectivity index (χ3v) is 4.15. The number of alkyl halides is 1. The van der Waals surface area contributed by atoms with Crippen molar-refractivity contribution in [3.8, 4) is 11.5 Å². The van der Waals surface area contributed by atoms with E-state index in [-0.39, 0.29) is 0 Å². The van der Waals surface area contributed by atoms with Gasteiger partial charge in [-0.05, 0) is 43.4 Å². The van der Waals surface area contributed by atoms with Crippen LogP contribution >= 0.6 is 15.9 Å². The van der Waals surface area contributed by atoms with Gasteiger partial charge in [0, 0.05) is 10.4 Å². The highest BCUT2D eigenvalue weighted by molar-refractivity contribution is 9.09. The van der Waals surface area contributed by atoms with Gasteiger partial charge in [-0.1, -0.05) is 15.9 Å². The maximum Gasteiger partial charge on any atom is 0.165 e. The predicted molar refractivity (Wildman–Crippen MR) is 68.9 cm³/mol. The molecule has 1 aliphatic rings. The molecule has 1 aromatic rings. The van der Waals surface area contributed by atoms with Crippen LogP contribution in [0.1, 0.15) is 34.4 Å². The molecule has 0 fully saturated rings. The molecule has 0 aromatic heterocycles. The molecule has 3 heteroatoms. The van der Waals surface area contributed by atoms with Crippen molar-refractivity contribution in [2.75, 3.05) is 14.2 Å². The van der Waals surface area contributed by atoms with Crippen LogP contribution in [0.5, 0.6) is 11.5 Å². The molecule has 0 saturated heterocycles.